The second-order valence-corrected chi connectivity index (χ2v) is 3.58. The summed E-state index contributed by atoms with van der Waals surface area (Å²) in [5, 5.41) is 27.6. The van der Waals surface area contributed by atoms with Crippen LogP contribution in [0.1, 0.15) is 13.8 Å². The molecular formula is C9H17O5W-. The fraction of sp³-hybridized carbons (Fsp3) is 0.889. The Morgan fingerprint density at radius 2 is 2.00 bits per heavy atom. The van der Waals surface area contributed by atoms with Crippen LogP contribution in [0.2, 0.25) is 0 Å². The number of hydrogen-bond acceptors (Lipinski definition) is 5. The van der Waals surface area contributed by atoms with Crippen molar-refractivity contribution in [2.45, 2.75) is 44.6 Å². The first-order chi connectivity index (χ1) is 6.54. The van der Waals surface area contributed by atoms with Crippen LogP contribution in [0.4, 0.5) is 0 Å². The standard InChI is InChI=1S/C9H17O5.W/c1-5(2)13-8-3-6(11)9(12)7(4-10)14-8;/h3,5-12H,4H2,1-2H3;/q-1;. The van der Waals surface area contributed by atoms with E-state index in [1.165, 1.54) is 6.42 Å². The molecule has 15 heavy (non-hydrogen) atoms. The fourth-order valence-corrected chi connectivity index (χ4v) is 1.29. The Labute approximate surface area is 104 Å². The fourth-order valence-electron chi connectivity index (χ4n) is 1.29. The third kappa shape index (κ3) is 4.47. The number of ether oxygens (including phenoxy) is 2. The number of hydrogen-bond donors (Lipinski definition) is 3. The van der Waals surface area contributed by atoms with Gasteiger partial charge in [0, 0.05) is 27.4 Å². The van der Waals surface area contributed by atoms with E-state index in [9.17, 15) is 10.2 Å². The molecule has 0 aliphatic carbocycles. The Kier molecular flexibility index (Phi) is 7.17. The molecule has 0 radical (unpaired) electrons. The molecule has 0 spiro atoms. The van der Waals surface area contributed by atoms with Gasteiger partial charge in [0.15, 0.2) is 0 Å². The monoisotopic (exact) mass is 389 g/mol. The van der Waals surface area contributed by atoms with E-state index in [-0.39, 0.29) is 33.8 Å². The van der Waals surface area contributed by atoms with Crippen molar-refractivity contribution in [1.82, 2.24) is 0 Å². The van der Waals surface area contributed by atoms with E-state index < -0.39 is 24.6 Å². The molecule has 1 aliphatic heterocycles. The molecular weight excluding hydrogens is 372 g/mol. The molecule has 1 saturated heterocycles. The van der Waals surface area contributed by atoms with Crippen LogP contribution in [0.25, 0.3) is 0 Å². The van der Waals surface area contributed by atoms with Crippen molar-refractivity contribution in [1.29, 1.82) is 0 Å². The number of rotatable bonds is 3. The summed E-state index contributed by atoms with van der Waals surface area (Å²) in [5.41, 5.74) is 0. The van der Waals surface area contributed by atoms with Crippen molar-refractivity contribution in [3.63, 3.8) is 0 Å². The molecule has 0 amide bonds. The third-order valence-corrected chi connectivity index (χ3v) is 1.98. The predicted molar refractivity (Wildman–Crippen MR) is 48.3 cm³/mol. The molecule has 1 heterocycles. The van der Waals surface area contributed by atoms with Crippen molar-refractivity contribution >= 4 is 0 Å². The summed E-state index contributed by atoms with van der Waals surface area (Å²) in [5.74, 6) is 0. The molecule has 0 bridgehead atoms. The Balaban J connectivity index is 0.00000196. The maximum Gasteiger partial charge on any atom is 0.106 e. The van der Waals surface area contributed by atoms with Crippen LogP contribution < -0.4 is 0 Å². The van der Waals surface area contributed by atoms with Crippen molar-refractivity contribution in [3.8, 4) is 0 Å². The van der Waals surface area contributed by atoms with Crippen LogP contribution >= 0.6 is 0 Å². The van der Waals surface area contributed by atoms with Gasteiger partial charge in [-0.2, -0.15) is 0 Å². The Morgan fingerprint density at radius 1 is 1.40 bits per heavy atom. The summed E-state index contributed by atoms with van der Waals surface area (Å²) in [7, 11) is 0. The SMILES string of the molecule is CC(C)OC1[CH-]C(O)C(O)C(CO)O1.[W]. The van der Waals surface area contributed by atoms with Gasteiger partial charge in [0.2, 0.25) is 0 Å². The summed E-state index contributed by atoms with van der Waals surface area (Å²) in [6, 6.07) is 0. The quantitative estimate of drug-likeness (QED) is 0.543. The van der Waals surface area contributed by atoms with Crippen LogP contribution in [0.5, 0.6) is 0 Å². The van der Waals surface area contributed by atoms with Crippen LogP contribution in [0.15, 0.2) is 0 Å². The van der Waals surface area contributed by atoms with E-state index in [2.05, 4.69) is 0 Å². The molecule has 4 atom stereocenters. The van der Waals surface area contributed by atoms with E-state index in [0.29, 0.717) is 0 Å². The first-order valence-corrected chi connectivity index (χ1v) is 4.67. The van der Waals surface area contributed by atoms with Crippen molar-refractivity contribution in [2.75, 3.05) is 6.61 Å². The Morgan fingerprint density at radius 3 is 2.47 bits per heavy atom. The van der Waals surface area contributed by atoms with E-state index in [1.54, 1.807) is 0 Å². The summed E-state index contributed by atoms with van der Waals surface area (Å²) >= 11 is 0. The van der Waals surface area contributed by atoms with Crippen molar-refractivity contribution in [3.05, 3.63) is 6.42 Å². The van der Waals surface area contributed by atoms with Gasteiger partial charge in [0.25, 0.3) is 0 Å². The molecule has 5 nitrogen and oxygen atoms in total. The number of aliphatic hydroxyl groups excluding tert-OH is 3. The third-order valence-electron chi connectivity index (χ3n) is 1.98. The normalized spacial score (nSPS) is 36.4. The van der Waals surface area contributed by atoms with Gasteiger partial charge >= 0.3 is 0 Å². The van der Waals surface area contributed by atoms with Gasteiger partial charge in [0.1, 0.15) is 6.10 Å². The van der Waals surface area contributed by atoms with Crippen LogP contribution in [-0.4, -0.2) is 52.6 Å². The van der Waals surface area contributed by atoms with Crippen LogP contribution in [0, 0.1) is 6.42 Å². The zero-order valence-electron chi connectivity index (χ0n) is 8.74. The average molecular weight is 389 g/mol. The average Bonchev–Trinajstić information content (AvgIpc) is 2.10. The Hall–Kier alpha value is 0.488. The van der Waals surface area contributed by atoms with Gasteiger partial charge < -0.3 is 24.8 Å². The van der Waals surface area contributed by atoms with Gasteiger partial charge in [-0.15, -0.1) is 0 Å². The summed E-state index contributed by atoms with van der Waals surface area (Å²) < 4.78 is 10.5. The van der Waals surface area contributed by atoms with E-state index >= 15 is 0 Å². The molecule has 90 valence electrons. The minimum Gasteiger partial charge on any atom is -0.422 e. The summed E-state index contributed by atoms with van der Waals surface area (Å²) in [4.78, 5) is 0. The second-order valence-electron chi connectivity index (χ2n) is 3.58. The maximum absolute atomic E-state index is 9.39. The zero-order chi connectivity index (χ0) is 10.7. The molecule has 1 rings (SSSR count). The Bertz CT molecular complexity index is 178. The van der Waals surface area contributed by atoms with Crippen molar-refractivity contribution in [2.24, 2.45) is 0 Å². The molecule has 0 aromatic rings. The van der Waals surface area contributed by atoms with Gasteiger partial charge in [-0.1, -0.05) is 0 Å². The molecule has 1 fully saturated rings. The minimum absolute atomic E-state index is 0. The first-order valence-electron chi connectivity index (χ1n) is 4.67. The van der Waals surface area contributed by atoms with Crippen LogP contribution in [-0.2, 0) is 30.5 Å². The molecule has 4 unspecified atom stereocenters. The molecule has 1 aliphatic rings. The molecule has 0 aromatic carbocycles. The number of aliphatic hydroxyl groups is 3. The molecule has 6 heteroatoms. The summed E-state index contributed by atoms with van der Waals surface area (Å²) in [6.07, 6.45) is -2.25. The molecule has 0 saturated carbocycles. The first kappa shape index (κ1) is 15.5. The van der Waals surface area contributed by atoms with Crippen LogP contribution in [0.3, 0.4) is 0 Å². The zero-order valence-corrected chi connectivity index (χ0v) is 11.7. The van der Waals surface area contributed by atoms with Gasteiger partial charge in [0.05, 0.1) is 18.8 Å². The second kappa shape index (κ2) is 6.94. The van der Waals surface area contributed by atoms with Gasteiger partial charge in [-0.05, 0) is 20.0 Å². The molecule has 3 N–H and O–H groups in total. The largest absolute Gasteiger partial charge is 0.422 e. The van der Waals surface area contributed by atoms with E-state index in [4.69, 9.17) is 14.6 Å². The van der Waals surface area contributed by atoms with Gasteiger partial charge in [-0.25, -0.2) is 6.42 Å². The topological polar surface area (TPSA) is 79.2 Å². The van der Waals surface area contributed by atoms with Gasteiger partial charge in [-0.3, -0.25) is 0 Å². The summed E-state index contributed by atoms with van der Waals surface area (Å²) in [6.45, 7) is 3.33. The smallest absolute Gasteiger partial charge is 0.106 e. The molecule has 0 aromatic heterocycles. The van der Waals surface area contributed by atoms with E-state index in [0.717, 1.165) is 0 Å². The maximum atomic E-state index is 9.39. The van der Waals surface area contributed by atoms with Crippen molar-refractivity contribution < 1.29 is 45.9 Å². The predicted octanol–water partition coefficient (Wildman–Crippen LogP) is -0.948. The van der Waals surface area contributed by atoms with E-state index in [1.807, 2.05) is 13.8 Å². The minimum atomic E-state index is -1.09.